The van der Waals surface area contributed by atoms with Gasteiger partial charge >= 0.3 is 5.97 Å². The zero-order valence-electron chi connectivity index (χ0n) is 6.73. The van der Waals surface area contributed by atoms with Crippen molar-refractivity contribution in [3.8, 4) is 0 Å². The Kier molecular flexibility index (Phi) is 4.11. The Hall–Kier alpha value is -0.690. The first-order valence-corrected chi connectivity index (χ1v) is 3.59. The average Bonchev–Trinajstić information content (AvgIpc) is 2.00. The molecule has 1 unspecified atom stereocenters. The zero-order chi connectivity index (χ0) is 9.78. The number of rotatable bonds is 5. The molecule has 12 heavy (non-hydrogen) atoms. The summed E-state index contributed by atoms with van der Waals surface area (Å²) in [6.07, 6.45) is -0.549. The number of aliphatic carboxylic acids is 1. The number of carbonyl (C=O) groups is 1. The van der Waals surface area contributed by atoms with Gasteiger partial charge in [0.2, 0.25) is 0 Å². The first kappa shape index (κ1) is 11.3. The van der Waals surface area contributed by atoms with E-state index in [0.717, 1.165) is 0 Å². The number of hydrogen-bond donors (Lipinski definition) is 5. The fourth-order valence-electron chi connectivity index (χ4n) is 0.630. The molecule has 0 amide bonds. The number of carboxylic acids is 1. The molecule has 1 atom stereocenters. The second kappa shape index (κ2) is 4.36. The van der Waals surface area contributed by atoms with Crippen LogP contribution in [0.2, 0.25) is 0 Å². The highest BCUT2D eigenvalue weighted by atomic mass is 16.4. The van der Waals surface area contributed by atoms with Crippen molar-refractivity contribution in [1.29, 1.82) is 0 Å². The lowest BCUT2D eigenvalue weighted by molar-refractivity contribution is -0.143. The molecule has 0 aromatic heterocycles. The van der Waals surface area contributed by atoms with E-state index >= 15 is 0 Å². The van der Waals surface area contributed by atoms with Gasteiger partial charge in [0.05, 0.1) is 6.10 Å². The van der Waals surface area contributed by atoms with Crippen LogP contribution in [-0.4, -0.2) is 34.5 Å². The molecular formula is C6H15N3O3. The highest BCUT2D eigenvalue weighted by Crippen LogP contribution is 2.05. The fraction of sp³-hybridized carbons (Fsp3) is 0.833. The number of aliphatic hydroxyl groups is 1. The van der Waals surface area contributed by atoms with E-state index in [2.05, 4.69) is 0 Å². The van der Waals surface area contributed by atoms with Crippen LogP contribution in [0.1, 0.15) is 12.8 Å². The molecule has 0 saturated heterocycles. The number of nitrogens with two attached hydrogens (primary N) is 3. The Bertz CT molecular complexity index is 160. The summed E-state index contributed by atoms with van der Waals surface area (Å²) in [6, 6.07) is 0. The van der Waals surface area contributed by atoms with Crippen molar-refractivity contribution in [3.63, 3.8) is 0 Å². The van der Waals surface area contributed by atoms with E-state index in [0.29, 0.717) is 0 Å². The molecule has 0 aliphatic heterocycles. The molecule has 0 aliphatic rings. The van der Waals surface area contributed by atoms with Gasteiger partial charge in [-0.3, -0.25) is 0 Å². The van der Waals surface area contributed by atoms with Crippen LogP contribution in [-0.2, 0) is 4.79 Å². The largest absolute Gasteiger partial charge is 0.479 e. The Labute approximate surface area is 70.3 Å². The van der Waals surface area contributed by atoms with E-state index in [9.17, 15) is 4.79 Å². The lowest BCUT2D eigenvalue weighted by Gasteiger charge is -2.19. The molecule has 0 aromatic carbocycles. The predicted molar refractivity (Wildman–Crippen MR) is 43.0 cm³/mol. The first-order valence-electron chi connectivity index (χ1n) is 3.59. The molecule has 72 valence electrons. The molecule has 0 heterocycles. The molecule has 0 aromatic rings. The maximum atomic E-state index is 10.4. The van der Waals surface area contributed by atoms with Gasteiger partial charge in [-0.25, -0.2) is 4.79 Å². The van der Waals surface area contributed by atoms with Gasteiger partial charge in [0, 0.05) is 6.54 Å². The molecule has 0 rings (SSSR count). The lowest BCUT2D eigenvalue weighted by atomic mass is 10.0. The van der Waals surface area contributed by atoms with Gasteiger partial charge in [-0.15, -0.1) is 0 Å². The van der Waals surface area contributed by atoms with Gasteiger partial charge in [-0.2, -0.15) is 0 Å². The van der Waals surface area contributed by atoms with Crippen molar-refractivity contribution in [2.75, 3.05) is 6.54 Å². The van der Waals surface area contributed by atoms with E-state index in [1.54, 1.807) is 0 Å². The van der Waals surface area contributed by atoms with Crippen LogP contribution in [0.4, 0.5) is 0 Å². The number of carboxylic acid groups (broad SMARTS) is 1. The molecular weight excluding hydrogens is 162 g/mol. The van der Waals surface area contributed by atoms with Crippen LogP contribution in [0.15, 0.2) is 0 Å². The predicted octanol–water partition coefficient (Wildman–Crippen LogP) is -2.22. The summed E-state index contributed by atoms with van der Waals surface area (Å²) < 4.78 is 0. The van der Waals surface area contributed by atoms with E-state index in [-0.39, 0.29) is 19.4 Å². The summed E-state index contributed by atoms with van der Waals surface area (Å²) >= 11 is 0. The van der Waals surface area contributed by atoms with E-state index in [1.165, 1.54) is 0 Å². The minimum absolute atomic E-state index is 0.000694. The van der Waals surface area contributed by atoms with Crippen LogP contribution in [0.3, 0.4) is 0 Å². The Balaban J connectivity index is 3.83. The Morgan fingerprint density at radius 3 is 2.33 bits per heavy atom. The topological polar surface area (TPSA) is 136 Å². The molecule has 0 radical (unpaired) electrons. The summed E-state index contributed by atoms with van der Waals surface area (Å²) in [5.41, 5.74) is 13.7. The van der Waals surface area contributed by atoms with Gasteiger partial charge in [0.25, 0.3) is 0 Å². The average molecular weight is 177 g/mol. The molecule has 6 heteroatoms. The maximum absolute atomic E-state index is 10.4. The van der Waals surface area contributed by atoms with Gasteiger partial charge in [0.1, 0.15) is 0 Å². The van der Waals surface area contributed by atoms with Crippen LogP contribution in [0, 0.1) is 0 Å². The Morgan fingerprint density at radius 2 is 2.00 bits per heavy atom. The van der Waals surface area contributed by atoms with Gasteiger partial charge in [0.15, 0.2) is 5.66 Å². The lowest BCUT2D eigenvalue weighted by Crippen LogP contribution is -2.56. The van der Waals surface area contributed by atoms with E-state index < -0.39 is 17.7 Å². The van der Waals surface area contributed by atoms with E-state index in [4.69, 9.17) is 27.4 Å². The highest BCUT2D eigenvalue weighted by Gasteiger charge is 2.28. The number of hydrogen-bond acceptors (Lipinski definition) is 5. The summed E-state index contributed by atoms with van der Waals surface area (Å²) in [5, 5.41) is 17.4. The minimum atomic E-state index is -1.77. The van der Waals surface area contributed by atoms with Gasteiger partial charge < -0.3 is 27.4 Å². The molecule has 6 nitrogen and oxygen atoms in total. The zero-order valence-corrected chi connectivity index (χ0v) is 6.73. The van der Waals surface area contributed by atoms with Crippen LogP contribution in [0.25, 0.3) is 0 Å². The quantitative estimate of drug-likeness (QED) is 0.302. The molecule has 0 bridgehead atoms. The van der Waals surface area contributed by atoms with Crippen LogP contribution >= 0.6 is 0 Å². The SMILES string of the molecule is NCC(O)CCC(N)(N)C(=O)O. The molecule has 0 fully saturated rings. The molecule has 0 spiro atoms. The summed E-state index contributed by atoms with van der Waals surface area (Å²) in [5.74, 6) is -1.29. The summed E-state index contributed by atoms with van der Waals surface area (Å²) in [4.78, 5) is 10.4. The third kappa shape index (κ3) is 3.63. The second-order valence-electron chi connectivity index (χ2n) is 2.77. The monoisotopic (exact) mass is 177 g/mol. The summed E-state index contributed by atoms with van der Waals surface area (Å²) in [6.45, 7) is 0.0791. The standard InChI is InChI=1S/C6H15N3O3/c7-3-4(10)1-2-6(8,9)5(11)12/h4,10H,1-3,7-9H2,(H,11,12). The molecule has 8 N–H and O–H groups in total. The second-order valence-corrected chi connectivity index (χ2v) is 2.77. The smallest absolute Gasteiger partial charge is 0.338 e. The van der Waals surface area contributed by atoms with E-state index in [1.807, 2.05) is 0 Å². The summed E-state index contributed by atoms with van der Waals surface area (Å²) in [7, 11) is 0. The third-order valence-electron chi connectivity index (χ3n) is 1.56. The van der Waals surface area contributed by atoms with Crippen molar-refractivity contribution in [3.05, 3.63) is 0 Å². The first-order chi connectivity index (χ1) is 5.40. The van der Waals surface area contributed by atoms with Crippen molar-refractivity contribution in [2.45, 2.75) is 24.6 Å². The highest BCUT2D eigenvalue weighted by molar-refractivity contribution is 5.77. The third-order valence-corrected chi connectivity index (χ3v) is 1.56. The van der Waals surface area contributed by atoms with Crippen molar-refractivity contribution >= 4 is 5.97 Å². The molecule has 0 aliphatic carbocycles. The van der Waals surface area contributed by atoms with Crippen LogP contribution < -0.4 is 17.2 Å². The van der Waals surface area contributed by atoms with Crippen molar-refractivity contribution in [2.24, 2.45) is 17.2 Å². The molecule has 0 saturated carbocycles. The maximum Gasteiger partial charge on any atom is 0.338 e. The van der Waals surface area contributed by atoms with Crippen LogP contribution in [0.5, 0.6) is 0 Å². The van der Waals surface area contributed by atoms with Gasteiger partial charge in [-0.1, -0.05) is 0 Å². The van der Waals surface area contributed by atoms with Crippen molar-refractivity contribution in [1.82, 2.24) is 0 Å². The normalized spacial score (nSPS) is 14.3. The fourth-order valence-corrected chi connectivity index (χ4v) is 0.630. The van der Waals surface area contributed by atoms with Gasteiger partial charge in [-0.05, 0) is 12.8 Å². The van der Waals surface area contributed by atoms with Crippen molar-refractivity contribution < 1.29 is 15.0 Å². The minimum Gasteiger partial charge on any atom is -0.479 e. The Morgan fingerprint density at radius 1 is 1.50 bits per heavy atom. The number of aliphatic hydroxyl groups excluding tert-OH is 1.